The van der Waals surface area contributed by atoms with Gasteiger partial charge in [0.25, 0.3) is 0 Å². The van der Waals surface area contributed by atoms with Crippen molar-refractivity contribution in [3.8, 4) is 0 Å². The van der Waals surface area contributed by atoms with Crippen molar-refractivity contribution < 1.29 is 4.79 Å². The lowest BCUT2D eigenvalue weighted by Gasteiger charge is -2.14. The first kappa shape index (κ1) is 11.5. The first-order valence-electron chi connectivity index (χ1n) is 5.55. The Morgan fingerprint density at radius 3 is 2.64 bits per heavy atom. The van der Waals surface area contributed by atoms with Crippen molar-refractivity contribution in [3.05, 3.63) is 0 Å². The van der Waals surface area contributed by atoms with E-state index in [4.69, 9.17) is 5.73 Å². The number of hydrogen-bond donors (Lipinski definition) is 3. The van der Waals surface area contributed by atoms with E-state index in [1.807, 2.05) is 0 Å². The SMILES string of the molecule is N[C@H]1CCCNCCCCCNC1=O. The Bertz CT molecular complexity index is 173. The average Bonchev–Trinajstić information content (AvgIpc) is 2.18. The molecular weight excluding hydrogens is 178 g/mol. The fraction of sp³-hybridized carbons (Fsp3) is 0.900. The van der Waals surface area contributed by atoms with Crippen LogP contribution in [0.5, 0.6) is 0 Å². The van der Waals surface area contributed by atoms with Gasteiger partial charge < -0.3 is 16.4 Å². The van der Waals surface area contributed by atoms with Crippen molar-refractivity contribution in [1.29, 1.82) is 0 Å². The van der Waals surface area contributed by atoms with Crippen molar-refractivity contribution in [2.75, 3.05) is 19.6 Å². The number of nitrogens with two attached hydrogens (primary N) is 1. The zero-order valence-corrected chi connectivity index (χ0v) is 8.72. The maximum absolute atomic E-state index is 11.4. The minimum Gasteiger partial charge on any atom is -0.355 e. The van der Waals surface area contributed by atoms with Crippen molar-refractivity contribution in [2.45, 2.75) is 38.1 Å². The van der Waals surface area contributed by atoms with E-state index in [2.05, 4.69) is 10.6 Å². The Labute approximate surface area is 85.6 Å². The highest BCUT2D eigenvalue weighted by molar-refractivity contribution is 5.81. The predicted molar refractivity (Wildman–Crippen MR) is 56.9 cm³/mol. The Balaban J connectivity index is 2.27. The third-order valence-electron chi connectivity index (χ3n) is 2.54. The monoisotopic (exact) mass is 199 g/mol. The molecule has 1 heterocycles. The molecule has 0 radical (unpaired) electrons. The summed E-state index contributed by atoms with van der Waals surface area (Å²) in [5.41, 5.74) is 5.72. The highest BCUT2D eigenvalue weighted by Crippen LogP contribution is 1.97. The lowest BCUT2D eigenvalue weighted by atomic mass is 10.1. The van der Waals surface area contributed by atoms with E-state index < -0.39 is 0 Å². The third-order valence-corrected chi connectivity index (χ3v) is 2.54. The number of carbonyl (C=O) groups excluding carboxylic acids is 1. The van der Waals surface area contributed by atoms with E-state index in [0.29, 0.717) is 0 Å². The Morgan fingerprint density at radius 1 is 1.07 bits per heavy atom. The van der Waals surface area contributed by atoms with Gasteiger partial charge in [-0.2, -0.15) is 0 Å². The Kier molecular flexibility index (Phi) is 5.56. The summed E-state index contributed by atoms with van der Waals surface area (Å²) in [6, 6.07) is -0.323. The first-order chi connectivity index (χ1) is 6.80. The molecule has 14 heavy (non-hydrogen) atoms. The van der Waals surface area contributed by atoms with Gasteiger partial charge in [-0.25, -0.2) is 0 Å². The molecule has 1 atom stereocenters. The molecule has 0 aromatic heterocycles. The van der Waals surface area contributed by atoms with Gasteiger partial charge in [-0.3, -0.25) is 4.79 Å². The number of nitrogens with one attached hydrogen (secondary N) is 2. The molecule has 4 nitrogen and oxygen atoms in total. The molecular formula is C10H21N3O. The lowest BCUT2D eigenvalue weighted by Crippen LogP contribution is -2.41. The molecule has 0 aromatic carbocycles. The first-order valence-corrected chi connectivity index (χ1v) is 5.55. The topological polar surface area (TPSA) is 67.2 Å². The fourth-order valence-electron chi connectivity index (χ4n) is 1.60. The maximum atomic E-state index is 11.4. The van der Waals surface area contributed by atoms with Gasteiger partial charge in [-0.1, -0.05) is 6.42 Å². The zero-order chi connectivity index (χ0) is 10.2. The van der Waals surface area contributed by atoms with Crippen LogP contribution in [0.4, 0.5) is 0 Å². The Morgan fingerprint density at radius 2 is 1.79 bits per heavy atom. The molecule has 4 N–H and O–H groups in total. The highest BCUT2D eigenvalue weighted by atomic mass is 16.2. The van der Waals surface area contributed by atoms with Crippen molar-refractivity contribution in [2.24, 2.45) is 5.73 Å². The third kappa shape index (κ3) is 4.58. The van der Waals surface area contributed by atoms with E-state index in [0.717, 1.165) is 38.9 Å². The summed E-state index contributed by atoms with van der Waals surface area (Å²) in [4.78, 5) is 11.4. The molecule has 0 aromatic rings. The van der Waals surface area contributed by atoms with E-state index in [9.17, 15) is 4.79 Å². The van der Waals surface area contributed by atoms with Crippen LogP contribution < -0.4 is 16.4 Å². The van der Waals surface area contributed by atoms with Crippen molar-refractivity contribution in [3.63, 3.8) is 0 Å². The van der Waals surface area contributed by atoms with Crippen LogP contribution >= 0.6 is 0 Å². The van der Waals surface area contributed by atoms with Gasteiger partial charge in [0.05, 0.1) is 6.04 Å². The second-order valence-electron chi connectivity index (χ2n) is 3.85. The van der Waals surface area contributed by atoms with Crippen LogP contribution in [0, 0.1) is 0 Å². The van der Waals surface area contributed by atoms with Gasteiger partial charge >= 0.3 is 0 Å². The number of carbonyl (C=O) groups is 1. The van der Waals surface area contributed by atoms with Crippen LogP contribution in [0.15, 0.2) is 0 Å². The molecule has 82 valence electrons. The molecule has 1 saturated heterocycles. The molecule has 0 unspecified atom stereocenters. The van der Waals surface area contributed by atoms with Crippen molar-refractivity contribution >= 4 is 5.91 Å². The summed E-state index contributed by atoms with van der Waals surface area (Å²) in [6.07, 6.45) is 5.18. The minimum absolute atomic E-state index is 0.00516. The fourth-order valence-corrected chi connectivity index (χ4v) is 1.60. The smallest absolute Gasteiger partial charge is 0.236 e. The van der Waals surface area contributed by atoms with Crippen LogP contribution in [0.3, 0.4) is 0 Å². The van der Waals surface area contributed by atoms with Crippen molar-refractivity contribution in [1.82, 2.24) is 10.6 Å². The summed E-state index contributed by atoms with van der Waals surface area (Å²) in [5, 5.41) is 6.22. The molecule has 0 spiro atoms. The summed E-state index contributed by atoms with van der Waals surface area (Å²) in [5.74, 6) is 0.00516. The predicted octanol–water partition coefficient (Wildman–Crippen LogP) is -0.0164. The molecule has 4 heteroatoms. The largest absolute Gasteiger partial charge is 0.355 e. The molecule has 1 aliphatic rings. The van der Waals surface area contributed by atoms with Crippen LogP contribution in [-0.2, 0) is 4.79 Å². The molecule has 1 rings (SSSR count). The summed E-state index contributed by atoms with van der Waals surface area (Å²) in [7, 11) is 0. The summed E-state index contributed by atoms with van der Waals surface area (Å²) >= 11 is 0. The summed E-state index contributed by atoms with van der Waals surface area (Å²) in [6.45, 7) is 2.83. The molecule has 1 amide bonds. The number of rotatable bonds is 0. The van der Waals surface area contributed by atoms with Gasteiger partial charge in [0.2, 0.25) is 5.91 Å². The highest BCUT2D eigenvalue weighted by Gasteiger charge is 2.12. The summed E-state index contributed by atoms with van der Waals surface area (Å²) < 4.78 is 0. The van der Waals surface area contributed by atoms with Gasteiger partial charge in [-0.15, -0.1) is 0 Å². The maximum Gasteiger partial charge on any atom is 0.236 e. The number of amides is 1. The van der Waals surface area contributed by atoms with Crippen LogP contribution in [0.2, 0.25) is 0 Å². The van der Waals surface area contributed by atoms with E-state index in [-0.39, 0.29) is 11.9 Å². The van der Waals surface area contributed by atoms with Gasteiger partial charge in [0, 0.05) is 6.54 Å². The number of hydrogen-bond acceptors (Lipinski definition) is 3. The molecule has 0 aliphatic carbocycles. The second-order valence-corrected chi connectivity index (χ2v) is 3.85. The van der Waals surface area contributed by atoms with Crippen LogP contribution in [0.25, 0.3) is 0 Å². The average molecular weight is 199 g/mol. The lowest BCUT2D eigenvalue weighted by molar-refractivity contribution is -0.122. The minimum atomic E-state index is -0.323. The van der Waals surface area contributed by atoms with Gasteiger partial charge in [-0.05, 0) is 38.8 Å². The second kappa shape index (κ2) is 6.79. The quantitative estimate of drug-likeness (QED) is 0.514. The zero-order valence-electron chi connectivity index (χ0n) is 8.72. The van der Waals surface area contributed by atoms with E-state index >= 15 is 0 Å². The normalized spacial score (nSPS) is 27.2. The standard InChI is InChI=1S/C10H21N3O/c11-9-5-4-7-12-6-2-1-3-8-13-10(9)14/h9,12H,1-8,11H2,(H,13,14)/t9-/m0/s1. The molecule has 1 aliphatic heterocycles. The van der Waals surface area contributed by atoms with E-state index in [1.54, 1.807) is 0 Å². The van der Waals surface area contributed by atoms with Crippen LogP contribution in [0.1, 0.15) is 32.1 Å². The van der Waals surface area contributed by atoms with Gasteiger partial charge in [0.1, 0.15) is 0 Å². The Hall–Kier alpha value is -0.610. The molecule has 0 saturated carbocycles. The van der Waals surface area contributed by atoms with Gasteiger partial charge in [0.15, 0.2) is 0 Å². The van der Waals surface area contributed by atoms with Crippen LogP contribution in [-0.4, -0.2) is 31.6 Å². The molecule has 1 fully saturated rings. The molecule has 0 bridgehead atoms. The van der Waals surface area contributed by atoms with E-state index in [1.165, 1.54) is 12.8 Å².